The highest BCUT2D eigenvalue weighted by Crippen LogP contribution is 2.22. The van der Waals surface area contributed by atoms with Gasteiger partial charge in [-0.2, -0.15) is 5.26 Å². The molecule has 0 aliphatic heterocycles. The molecule has 0 fully saturated rings. The summed E-state index contributed by atoms with van der Waals surface area (Å²) >= 11 is 0. The summed E-state index contributed by atoms with van der Waals surface area (Å²) in [4.78, 5) is 16.4. The summed E-state index contributed by atoms with van der Waals surface area (Å²) in [7, 11) is 0. The Balaban J connectivity index is 1.95. The van der Waals surface area contributed by atoms with E-state index in [9.17, 15) is 4.79 Å². The fourth-order valence-electron chi connectivity index (χ4n) is 2.15. The minimum absolute atomic E-state index is 0.247. The van der Waals surface area contributed by atoms with E-state index in [-0.39, 0.29) is 5.91 Å². The van der Waals surface area contributed by atoms with Gasteiger partial charge in [0.05, 0.1) is 17.3 Å². The zero-order valence-corrected chi connectivity index (χ0v) is 11.1. The van der Waals surface area contributed by atoms with E-state index < -0.39 is 0 Å². The largest absolute Gasteiger partial charge is 0.321 e. The third-order valence-electron chi connectivity index (χ3n) is 3.19. The van der Waals surface area contributed by atoms with Crippen molar-refractivity contribution >= 4 is 22.4 Å². The Bertz CT molecular complexity index is 860. The van der Waals surface area contributed by atoms with Crippen LogP contribution in [0.2, 0.25) is 0 Å². The number of fused-ring (bicyclic) bond motifs is 1. The molecule has 4 heteroatoms. The summed E-state index contributed by atoms with van der Waals surface area (Å²) in [6, 6.07) is 16.2. The zero-order chi connectivity index (χ0) is 14.7. The molecule has 3 rings (SSSR count). The first-order chi connectivity index (χ1) is 10.3. The number of carbonyl (C=O) groups is 1. The molecule has 1 N–H and O–H groups in total. The zero-order valence-electron chi connectivity index (χ0n) is 11.1. The molecule has 4 nitrogen and oxygen atoms in total. The first kappa shape index (κ1) is 12.8. The van der Waals surface area contributed by atoms with Crippen LogP contribution in [0.3, 0.4) is 0 Å². The van der Waals surface area contributed by atoms with Gasteiger partial charge in [-0.3, -0.25) is 9.78 Å². The van der Waals surface area contributed by atoms with Gasteiger partial charge in [0, 0.05) is 23.3 Å². The maximum atomic E-state index is 12.3. The minimum Gasteiger partial charge on any atom is -0.321 e. The maximum Gasteiger partial charge on any atom is 0.255 e. The second kappa shape index (κ2) is 5.43. The molecule has 0 atom stereocenters. The van der Waals surface area contributed by atoms with Gasteiger partial charge in [0.15, 0.2) is 0 Å². The van der Waals surface area contributed by atoms with Crippen molar-refractivity contribution in [2.45, 2.75) is 0 Å². The fourth-order valence-corrected chi connectivity index (χ4v) is 2.15. The number of amides is 1. The van der Waals surface area contributed by atoms with Crippen molar-refractivity contribution in [3.63, 3.8) is 0 Å². The van der Waals surface area contributed by atoms with E-state index in [1.807, 2.05) is 30.3 Å². The second-order valence-electron chi connectivity index (χ2n) is 4.55. The molecule has 0 radical (unpaired) electrons. The third-order valence-corrected chi connectivity index (χ3v) is 3.19. The number of anilines is 1. The quantitative estimate of drug-likeness (QED) is 0.778. The topological polar surface area (TPSA) is 65.8 Å². The van der Waals surface area contributed by atoms with Gasteiger partial charge in [0.25, 0.3) is 5.91 Å². The van der Waals surface area contributed by atoms with Crippen molar-refractivity contribution in [1.82, 2.24) is 4.98 Å². The number of aromatic nitrogens is 1. The molecule has 0 saturated carbocycles. The monoisotopic (exact) mass is 273 g/mol. The Morgan fingerprint density at radius 2 is 2.00 bits per heavy atom. The number of benzene rings is 2. The molecule has 0 saturated heterocycles. The van der Waals surface area contributed by atoms with Crippen molar-refractivity contribution in [1.29, 1.82) is 5.26 Å². The molecule has 1 heterocycles. The smallest absolute Gasteiger partial charge is 0.255 e. The predicted molar refractivity (Wildman–Crippen MR) is 80.9 cm³/mol. The van der Waals surface area contributed by atoms with Gasteiger partial charge in [-0.1, -0.05) is 18.2 Å². The Labute approximate surface area is 121 Å². The van der Waals surface area contributed by atoms with Gasteiger partial charge in [-0.05, 0) is 35.7 Å². The van der Waals surface area contributed by atoms with E-state index in [1.165, 1.54) is 0 Å². The SMILES string of the molecule is N#Cc1cccc(C(=O)Nc2cccc3ccncc23)c1. The van der Waals surface area contributed by atoms with Crippen molar-refractivity contribution in [2.75, 3.05) is 5.32 Å². The van der Waals surface area contributed by atoms with Gasteiger partial charge >= 0.3 is 0 Å². The fraction of sp³-hybridized carbons (Fsp3) is 0. The molecular formula is C17H11N3O. The Morgan fingerprint density at radius 1 is 1.14 bits per heavy atom. The van der Waals surface area contributed by atoms with Crippen LogP contribution < -0.4 is 5.32 Å². The number of rotatable bonds is 2. The lowest BCUT2D eigenvalue weighted by atomic mass is 10.1. The van der Waals surface area contributed by atoms with Crippen LogP contribution in [-0.2, 0) is 0 Å². The summed E-state index contributed by atoms with van der Waals surface area (Å²) in [5.41, 5.74) is 1.62. The average Bonchev–Trinajstić information content (AvgIpc) is 2.55. The van der Waals surface area contributed by atoms with Crippen LogP contribution in [0.1, 0.15) is 15.9 Å². The average molecular weight is 273 g/mol. The lowest BCUT2D eigenvalue weighted by Crippen LogP contribution is -2.12. The summed E-state index contributed by atoms with van der Waals surface area (Å²) in [5.74, 6) is -0.247. The van der Waals surface area contributed by atoms with Gasteiger partial charge in [0.1, 0.15) is 0 Å². The first-order valence-electron chi connectivity index (χ1n) is 6.42. The number of pyridine rings is 1. The molecule has 0 spiro atoms. The lowest BCUT2D eigenvalue weighted by molar-refractivity contribution is 0.102. The normalized spacial score (nSPS) is 10.0. The molecule has 0 bridgehead atoms. The maximum absolute atomic E-state index is 12.3. The van der Waals surface area contributed by atoms with Crippen LogP contribution in [0.15, 0.2) is 60.9 Å². The number of nitrogens with zero attached hydrogens (tertiary/aromatic N) is 2. The second-order valence-corrected chi connectivity index (χ2v) is 4.55. The van der Waals surface area contributed by atoms with E-state index in [0.717, 1.165) is 10.8 Å². The summed E-state index contributed by atoms with van der Waals surface area (Å²) in [5, 5.41) is 13.6. The lowest BCUT2D eigenvalue weighted by Gasteiger charge is -2.08. The van der Waals surface area contributed by atoms with E-state index in [0.29, 0.717) is 16.8 Å². The summed E-state index contributed by atoms with van der Waals surface area (Å²) in [6.45, 7) is 0. The molecule has 1 aromatic heterocycles. The summed E-state index contributed by atoms with van der Waals surface area (Å²) in [6.07, 6.45) is 3.43. The van der Waals surface area contributed by atoms with E-state index >= 15 is 0 Å². The molecule has 0 aliphatic rings. The Hall–Kier alpha value is -3.19. The van der Waals surface area contributed by atoms with Crippen molar-refractivity contribution < 1.29 is 4.79 Å². The molecule has 3 aromatic rings. The number of hydrogen-bond donors (Lipinski definition) is 1. The van der Waals surface area contributed by atoms with Crippen molar-refractivity contribution in [3.8, 4) is 6.07 Å². The van der Waals surface area contributed by atoms with Crippen LogP contribution in [-0.4, -0.2) is 10.9 Å². The van der Waals surface area contributed by atoms with Crippen molar-refractivity contribution in [3.05, 3.63) is 72.1 Å². The highest BCUT2D eigenvalue weighted by Gasteiger charge is 2.08. The Morgan fingerprint density at radius 3 is 2.86 bits per heavy atom. The number of nitriles is 1. The molecular weight excluding hydrogens is 262 g/mol. The predicted octanol–water partition coefficient (Wildman–Crippen LogP) is 3.36. The van der Waals surface area contributed by atoms with Crippen LogP contribution in [0.5, 0.6) is 0 Å². The molecule has 0 unspecified atom stereocenters. The van der Waals surface area contributed by atoms with Gasteiger partial charge in [-0.25, -0.2) is 0 Å². The third kappa shape index (κ3) is 2.58. The van der Waals surface area contributed by atoms with Gasteiger partial charge in [-0.15, -0.1) is 0 Å². The Kier molecular flexibility index (Phi) is 3.32. The van der Waals surface area contributed by atoms with Crippen LogP contribution in [0, 0.1) is 11.3 Å². The molecule has 21 heavy (non-hydrogen) atoms. The number of hydrogen-bond acceptors (Lipinski definition) is 3. The molecule has 0 aliphatic carbocycles. The van der Waals surface area contributed by atoms with E-state index in [4.69, 9.17) is 5.26 Å². The van der Waals surface area contributed by atoms with Crippen LogP contribution in [0.4, 0.5) is 5.69 Å². The van der Waals surface area contributed by atoms with Crippen molar-refractivity contribution in [2.24, 2.45) is 0 Å². The van der Waals surface area contributed by atoms with Crippen LogP contribution >= 0.6 is 0 Å². The van der Waals surface area contributed by atoms with E-state index in [2.05, 4.69) is 10.3 Å². The molecule has 2 aromatic carbocycles. The highest BCUT2D eigenvalue weighted by molar-refractivity contribution is 6.09. The first-order valence-corrected chi connectivity index (χ1v) is 6.42. The minimum atomic E-state index is -0.247. The highest BCUT2D eigenvalue weighted by atomic mass is 16.1. The molecule has 1 amide bonds. The van der Waals surface area contributed by atoms with Gasteiger partial charge in [0.2, 0.25) is 0 Å². The summed E-state index contributed by atoms with van der Waals surface area (Å²) < 4.78 is 0. The van der Waals surface area contributed by atoms with Gasteiger partial charge < -0.3 is 5.32 Å². The number of carbonyl (C=O) groups excluding carboxylic acids is 1. The number of nitrogens with one attached hydrogen (secondary N) is 1. The van der Waals surface area contributed by atoms with Crippen LogP contribution in [0.25, 0.3) is 10.8 Å². The standard InChI is InChI=1S/C17H11N3O/c18-10-12-3-1-5-14(9-12)17(21)20-16-6-2-4-13-7-8-19-11-15(13)16/h1-9,11H,(H,20,21). The van der Waals surface area contributed by atoms with E-state index in [1.54, 1.807) is 36.7 Å². The molecule has 100 valence electrons.